The maximum atomic E-state index is 6.31. The molecule has 1 aliphatic rings. The Hall–Kier alpha value is -3.48. The lowest BCUT2D eigenvalue weighted by Crippen LogP contribution is -2.28. The van der Waals surface area contributed by atoms with E-state index in [4.69, 9.17) is 5.73 Å². The van der Waals surface area contributed by atoms with E-state index in [-0.39, 0.29) is 0 Å². The zero-order valence-corrected chi connectivity index (χ0v) is 15.3. The molecule has 0 unspecified atom stereocenters. The first-order valence-corrected chi connectivity index (χ1v) is 8.77. The summed E-state index contributed by atoms with van der Waals surface area (Å²) >= 11 is 0. The van der Waals surface area contributed by atoms with E-state index in [0.29, 0.717) is 22.7 Å². The average Bonchev–Trinajstić information content (AvgIpc) is 3.34. The number of anilines is 1. The van der Waals surface area contributed by atoms with Gasteiger partial charge in [-0.1, -0.05) is 48.6 Å². The van der Waals surface area contributed by atoms with E-state index in [0.717, 1.165) is 17.6 Å². The molecule has 7 nitrogen and oxygen atoms in total. The van der Waals surface area contributed by atoms with Crippen LogP contribution >= 0.6 is 0 Å². The number of nitrogens with zero attached hydrogens (tertiary/aromatic N) is 5. The molecule has 0 radical (unpaired) electrons. The molecular weight excluding hydrogens is 338 g/mol. The number of nitrogens with one attached hydrogen (secondary N) is 1. The molecule has 3 N–H and O–H groups in total. The Morgan fingerprint density at radius 2 is 2.00 bits per heavy atom. The minimum atomic E-state index is -0.418. The van der Waals surface area contributed by atoms with Crippen LogP contribution in [0.15, 0.2) is 61.1 Å². The van der Waals surface area contributed by atoms with E-state index in [1.807, 2.05) is 35.0 Å². The highest BCUT2D eigenvalue weighted by atomic mass is 15.3. The Kier molecular flexibility index (Phi) is 4.19. The fourth-order valence-electron chi connectivity index (χ4n) is 3.17. The lowest BCUT2D eigenvalue weighted by atomic mass is 9.94. The molecule has 0 aliphatic heterocycles. The predicted octanol–water partition coefficient (Wildman–Crippen LogP) is 3.38. The summed E-state index contributed by atoms with van der Waals surface area (Å²) in [4.78, 5) is 9.06. The van der Waals surface area contributed by atoms with Gasteiger partial charge in [0.05, 0.1) is 17.1 Å². The van der Waals surface area contributed by atoms with Gasteiger partial charge in [-0.25, -0.2) is 14.6 Å². The average molecular weight is 359 g/mol. The van der Waals surface area contributed by atoms with Crippen LogP contribution < -0.4 is 5.73 Å². The Morgan fingerprint density at radius 1 is 1.19 bits per heavy atom. The standard InChI is InChI=1S/C20H21N7/c1-20(2,15-10-4-3-5-11-15)27-19-16(12-24-27)17(21)25-18(26-23-13-22-19)14-8-6-7-9-14/h3-8,10-13H,9,21H2,1-2H3,(H,25,26). The van der Waals surface area contributed by atoms with E-state index in [9.17, 15) is 0 Å². The third-order valence-electron chi connectivity index (χ3n) is 4.75. The Morgan fingerprint density at radius 3 is 2.74 bits per heavy atom. The zero-order chi connectivity index (χ0) is 18.9. The summed E-state index contributed by atoms with van der Waals surface area (Å²) in [6.07, 6.45) is 10.0. The van der Waals surface area contributed by atoms with Gasteiger partial charge in [-0.15, -0.1) is 0 Å². The topological polar surface area (TPSA) is 98.3 Å². The van der Waals surface area contributed by atoms with Crippen molar-refractivity contribution in [3.8, 4) is 0 Å². The van der Waals surface area contributed by atoms with Crippen molar-refractivity contribution in [1.29, 1.82) is 0 Å². The van der Waals surface area contributed by atoms with Crippen LogP contribution in [-0.4, -0.2) is 29.9 Å². The summed E-state index contributed by atoms with van der Waals surface area (Å²) in [5, 5.41) is 12.4. The molecule has 1 aromatic carbocycles. The lowest BCUT2D eigenvalue weighted by Gasteiger charge is -2.26. The van der Waals surface area contributed by atoms with Crippen LogP contribution in [0.5, 0.6) is 0 Å². The van der Waals surface area contributed by atoms with Gasteiger partial charge in [0.1, 0.15) is 12.1 Å². The molecule has 1 aliphatic carbocycles. The van der Waals surface area contributed by atoms with E-state index >= 15 is 0 Å². The number of nitrogen functional groups attached to an aromatic ring is 1. The van der Waals surface area contributed by atoms with E-state index < -0.39 is 5.54 Å². The minimum absolute atomic E-state index is 0.352. The molecule has 0 spiro atoms. The molecule has 0 fully saturated rings. The highest BCUT2D eigenvalue weighted by molar-refractivity contribution is 5.85. The summed E-state index contributed by atoms with van der Waals surface area (Å²) in [5.41, 5.74) is 8.65. The molecule has 2 heterocycles. The van der Waals surface area contributed by atoms with Gasteiger partial charge in [-0.3, -0.25) is 5.10 Å². The third kappa shape index (κ3) is 3.08. The van der Waals surface area contributed by atoms with Crippen molar-refractivity contribution in [1.82, 2.24) is 29.9 Å². The number of H-pyrrole nitrogens is 1. The van der Waals surface area contributed by atoms with Gasteiger partial charge in [-0.2, -0.15) is 10.2 Å². The molecule has 2 aromatic heterocycles. The van der Waals surface area contributed by atoms with E-state index in [1.165, 1.54) is 6.33 Å². The van der Waals surface area contributed by atoms with Crippen LogP contribution in [-0.2, 0) is 5.54 Å². The maximum Gasteiger partial charge on any atom is 0.164 e. The highest BCUT2D eigenvalue weighted by Crippen LogP contribution is 2.29. The SMILES string of the molecule is CC(C)(c1ccccc1)n1ncc2c(N)nc(C3=CC=CC3)[nH]ncnc21. The first kappa shape index (κ1) is 17.0. The van der Waals surface area contributed by atoms with Crippen LogP contribution in [0.2, 0.25) is 0 Å². The molecule has 0 bridgehead atoms. The van der Waals surface area contributed by atoms with Crippen molar-refractivity contribution in [2.75, 3.05) is 5.73 Å². The van der Waals surface area contributed by atoms with Gasteiger partial charge in [0.2, 0.25) is 0 Å². The lowest BCUT2D eigenvalue weighted by molar-refractivity contribution is 0.401. The second kappa shape index (κ2) is 6.68. The van der Waals surface area contributed by atoms with E-state index in [1.54, 1.807) is 6.20 Å². The number of hydrogen-bond donors (Lipinski definition) is 2. The summed E-state index contributed by atoms with van der Waals surface area (Å²) in [7, 11) is 0. The second-order valence-electron chi connectivity index (χ2n) is 6.87. The fourth-order valence-corrected chi connectivity index (χ4v) is 3.17. The van der Waals surface area contributed by atoms with Crippen molar-refractivity contribution in [2.45, 2.75) is 25.8 Å². The highest BCUT2D eigenvalue weighted by Gasteiger charge is 2.26. The molecule has 27 heavy (non-hydrogen) atoms. The number of hydrogen-bond acceptors (Lipinski definition) is 5. The summed E-state index contributed by atoms with van der Waals surface area (Å²) < 4.78 is 1.85. The summed E-state index contributed by atoms with van der Waals surface area (Å²) in [6.45, 7) is 4.18. The van der Waals surface area contributed by atoms with Crippen molar-refractivity contribution in [2.24, 2.45) is 0 Å². The first-order valence-electron chi connectivity index (χ1n) is 8.77. The van der Waals surface area contributed by atoms with E-state index in [2.05, 4.69) is 57.3 Å². The van der Waals surface area contributed by atoms with Gasteiger partial charge in [0.25, 0.3) is 0 Å². The van der Waals surface area contributed by atoms with Gasteiger partial charge in [-0.05, 0) is 25.8 Å². The predicted molar refractivity (Wildman–Crippen MR) is 106 cm³/mol. The van der Waals surface area contributed by atoms with Crippen molar-refractivity contribution in [3.05, 3.63) is 72.5 Å². The van der Waals surface area contributed by atoms with Gasteiger partial charge in [0.15, 0.2) is 11.5 Å². The molecular formula is C20H21N7. The fraction of sp³-hybridized carbons (Fsp3) is 0.200. The molecule has 0 saturated heterocycles. The van der Waals surface area contributed by atoms with Gasteiger partial charge >= 0.3 is 0 Å². The summed E-state index contributed by atoms with van der Waals surface area (Å²) in [6, 6.07) is 10.2. The normalized spacial score (nSPS) is 13.6. The monoisotopic (exact) mass is 359 g/mol. The smallest absolute Gasteiger partial charge is 0.164 e. The Labute approximate surface area is 157 Å². The number of rotatable bonds is 3. The van der Waals surface area contributed by atoms with Gasteiger partial charge in [0, 0.05) is 5.57 Å². The number of aromatic nitrogens is 6. The molecule has 3 aromatic rings. The Balaban J connectivity index is 1.91. The van der Waals surface area contributed by atoms with Crippen LogP contribution in [0.3, 0.4) is 0 Å². The zero-order valence-electron chi connectivity index (χ0n) is 15.3. The number of nitrogens with two attached hydrogens (primary N) is 1. The molecule has 0 atom stereocenters. The number of allylic oxidation sites excluding steroid dienone is 4. The quantitative estimate of drug-likeness (QED) is 0.747. The molecule has 7 heteroatoms. The molecule has 0 amide bonds. The largest absolute Gasteiger partial charge is 0.383 e. The van der Waals surface area contributed by atoms with Gasteiger partial charge < -0.3 is 5.73 Å². The summed E-state index contributed by atoms with van der Waals surface area (Å²) in [5.74, 6) is 0.969. The number of aromatic amines is 1. The molecule has 136 valence electrons. The van der Waals surface area contributed by atoms with Crippen LogP contribution in [0.4, 0.5) is 5.82 Å². The molecule has 0 saturated carbocycles. The van der Waals surface area contributed by atoms with Crippen molar-refractivity contribution < 1.29 is 0 Å². The van der Waals surface area contributed by atoms with Crippen LogP contribution in [0.25, 0.3) is 16.6 Å². The third-order valence-corrected chi connectivity index (χ3v) is 4.75. The second-order valence-corrected chi connectivity index (χ2v) is 6.87. The maximum absolute atomic E-state index is 6.31. The van der Waals surface area contributed by atoms with Crippen LogP contribution in [0.1, 0.15) is 31.7 Å². The number of fused-ring (bicyclic) bond motifs is 1. The number of benzene rings is 1. The van der Waals surface area contributed by atoms with Crippen molar-refractivity contribution >= 4 is 22.4 Å². The first-order chi connectivity index (χ1) is 13.1. The van der Waals surface area contributed by atoms with Crippen molar-refractivity contribution in [3.63, 3.8) is 0 Å². The Bertz CT molecular complexity index is 1090. The molecule has 4 rings (SSSR count). The minimum Gasteiger partial charge on any atom is -0.383 e. The van der Waals surface area contributed by atoms with Crippen LogP contribution in [0, 0.1) is 0 Å².